The lowest BCUT2D eigenvalue weighted by Gasteiger charge is -2.22. The highest BCUT2D eigenvalue weighted by Gasteiger charge is 2.35. The number of ether oxygens (including phenoxy) is 2. The first-order valence-corrected chi connectivity index (χ1v) is 12.7. The fraction of sp³-hybridized carbons (Fsp3) is 0.269. The fourth-order valence-electron chi connectivity index (χ4n) is 3.73. The zero-order valence-electron chi connectivity index (χ0n) is 20.3. The number of rotatable bonds is 9. The molecule has 2 aromatic carbocycles. The molecule has 1 aliphatic heterocycles. The van der Waals surface area contributed by atoms with E-state index in [4.69, 9.17) is 9.47 Å². The van der Waals surface area contributed by atoms with Gasteiger partial charge in [0.15, 0.2) is 10.8 Å². The summed E-state index contributed by atoms with van der Waals surface area (Å²) >= 11 is 1.15. The maximum atomic E-state index is 13.0. The van der Waals surface area contributed by atoms with Crippen LogP contribution in [0.5, 0.6) is 0 Å². The Hall–Kier alpha value is -4.25. The molecule has 2 heterocycles. The van der Waals surface area contributed by atoms with Crippen LogP contribution < -0.4 is 10.7 Å². The first-order valence-electron chi connectivity index (χ1n) is 11.8. The molecule has 10 nitrogen and oxygen atoms in total. The van der Waals surface area contributed by atoms with Gasteiger partial charge >= 0.3 is 12.1 Å². The molecule has 1 aliphatic rings. The Balaban J connectivity index is 1.41. The number of anilines is 2. The van der Waals surface area contributed by atoms with Crippen molar-refractivity contribution >= 4 is 45.8 Å². The highest BCUT2D eigenvalue weighted by molar-refractivity contribution is 7.14. The van der Waals surface area contributed by atoms with E-state index in [1.165, 1.54) is 4.90 Å². The van der Waals surface area contributed by atoms with Crippen LogP contribution >= 0.6 is 11.3 Å². The molecule has 0 bridgehead atoms. The minimum Gasteiger partial charge on any atom is -0.461 e. The van der Waals surface area contributed by atoms with Gasteiger partial charge in [-0.1, -0.05) is 48.5 Å². The molecule has 1 aromatic heterocycles. The van der Waals surface area contributed by atoms with Crippen molar-refractivity contribution < 1.29 is 23.9 Å². The van der Waals surface area contributed by atoms with Crippen molar-refractivity contribution in [2.24, 2.45) is 5.10 Å². The SMILES string of the molecule is CCOC(=O)C(=NNc1ccccc1)c1csc(NC(=O)C2CCCN2C(=O)OCc2ccccc2)n1. The summed E-state index contributed by atoms with van der Waals surface area (Å²) < 4.78 is 10.5. The summed E-state index contributed by atoms with van der Waals surface area (Å²) in [5.41, 5.74) is 4.62. The van der Waals surface area contributed by atoms with Crippen LogP contribution in [0, 0.1) is 0 Å². The number of carbonyl (C=O) groups is 3. The van der Waals surface area contributed by atoms with Crippen molar-refractivity contribution in [2.45, 2.75) is 32.4 Å². The standard InChI is InChI=1S/C26H27N5O5S/c1-2-35-24(33)22(30-29-19-12-7-4-8-13-19)20-17-37-25(27-20)28-23(32)21-14-9-15-31(21)26(34)36-16-18-10-5-3-6-11-18/h3-8,10-13,17,21,29H,2,9,14-16H2,1H3,(H,27,28,32). The molecule has 3 aromatic rings. The number of para-hydroxylation sites is 1. The number of aromatic nitrogens is 1. The predicted molar refractivity (Wildman–Crippen MR) is 140 cm³/mol. The Kier molecular flexibility index (Phi) is 8.82. The van der Waals surface area contributed by atoms with Crippen LogP contribution in [0.4, 0.5) is 15.6 Å². The van der Waals surface area contributed by atoms with Crippen molar-refractivity contribution in [3.8, 4) is 0 Å². The third-order valence-corrected chi connectivity index (χ3v) is 6.27. The molecule has 1 fully saturated rings. The third-order valence-electron chi connectivity index (χ3n) is 5.51. The number of hydrogen-bond acceptors (Lipinski definition) is 9. The number of amides is 2. The van der Waals surface area contributed by atoms with E-state index in [0.29, 0.717) is 25.1 Å². The molecule has 0 radical (unpaired) electrons. The summed E-state index contributed by atoms with van der Waals surface area (Å²) in [4.78, 5) is 44.0. The number of benzene rings is 2. The van der Waals surface area contributed by atoms with E-state index in [2.05, 4.69) is 20.8 Å². The summed E-state index contributed by atoms with van der Waals surface area (Å²) in [6.07, 6.45) is 0.665. The van der Waals surface area contributed by atoms with E-state index in [0.717, 1.165) is 16.9 Å². The number of nitrogens with zero attached hydrogens (tertiary/aromatic N) is 3. The lowest BCUT2D eigenvalue weighted by atomic mass is 10.2. The number of hydrogen-bond donors (Lipinski definition) is 2. The summed E-state index contributed by atoms with van der Waals surface area (Å²) in [5.74, 6) is -1.01. The van der Waals surface area contributed by atoms with E-state index >= 15 is 0 Å². The van der Waals surface area contributed by atoms with Crippen molar-refractivity contribution in [1.82, 2.24) is 9.88 Å². The van der Waals surface area contributed by atoms with Crippen molar-refractivity contribution in [3.63, 3.8) is 0 Å². The van der Waals surface area contributed by atoms with E-state index in [1.807, 2.05) is 48.5 Å². The highest BCUT2D eigenvalue weighted by atomic mass is 32.1. The number of nitrogens with one attached hydrogen (secondary N) is 2. The van der Waals surface area contributed by atoms with E-state index in [-0.39, 0.29) is 35.7 Å². The van der Waals surface area contributed by atoms with Crippen molar-refractivity contribution in [1.29, 1.82) is 0 Å². The molecule has 1 saturated heterocycles. The quantitative estimate of drug-likeness (QED) is 0.245. The van der Waals surface area contributed by atoms with Gasteiger partial charge in [-0.3, -0.25) is 15.1 Å². The van der Waals surface area contributed by atoms with Gasteiger partial charge in [-0.05, 0) is 37.5 Å². The average Bonchev–Trinajstić information content (AvgIpc) is 3.59. The molecule has 0 aliphatic carbocycles. The number of carbonyl (C=O) groups excluding carboxylic acids is 3. The average molecular weight is 522 g/mol. The molecule has 192 valence electrons. The Morgan fingerprint density at radius 1 is 1.08 bits per heavy atom. The van der Waals surface area contributed by atoms with Crippen LogP contribution in [0.2, 0.25) is 0 Å². The Bertz CT molecular complexity index is 1250. The lowest BCUT2D eigenvalue weighted by molar-refractivity contribution is -0.135. The molecule has 1 atom stereocenters. The largest absolute Gasteiger partial charge is 0.461 e. The van der Waals surface area contributed by atoms with Gasteiger partial charge in [-0.2, -0.15) is 5.10 Å². The van der Waals surface area contributed by atoms with E-state index in [1.54, 1.807) is 24.4 Å². The smallest absolute Gasteiger partial charge is 0.410 e. The second kappa shape index (κ2) is 12.6. The van der Waals surface area contributed by atoms with Crippen LogP contribution in [0.1, 0.15) is 31.0 Å². The van der Waals surface area contributed by atoms with Gasteiger partial charge in [0.25, 0.3) is 0 Å². The first-order chi connectivity index (χ1) is 18.0. The molecular weight excluding hydrogens is 494 g/mol. The van der Waals surface area contributed by atoms with E-state index < -0.39 is 18.1 Å². The zero-order chi connectivity index (χ0) is 26.0. The van der Waals surface area contributed by atoms with Crippen molar-refractivity contribution in [2.75, 3.05) is 23.9 Å². The zero-order valence-corrected chi connectivity index (χ0v) is 21.1. The maximum Gasteiger partial charge on any atom is 0.410 e. The minimum absolute atomic E-state index is 0.0190. The molecular formula is C26H27N5O5S. The van der Waals surface area contributed by atoms with Gasteiger partial charge in [0.1, 0.15) is 18.3 Å². The normalized spacial score (nSPS) is 15.2. The monoisotopic (exact) mass is 521 g/mol. The molecule has 4 rings (SSSR count). The van der Waals surface area contributed by atoms with Crippen molar-refractivity contribution in [3.05, 3.63) is 77.3 Å². The molecule has 37 heavy (non-hydrogen) atoms. The third kappa shape index (κ3) is 6.91. The summed E-state index contributed by atoms with van der Waals surface area (Å²) in [7, 11) is 0. The van der Waals surface area contributed by atoms with Gasteiger partial charge in [-0.15, -0.1) is 11.3 Å². The first kappa shape index (κ1) is 25.8. The van der Waals surface area contributed by atoms with Crippen LogP contribution in [-0.4, -0.2) is 52.8 Å². The second-order valence-electron chi connectivity index (χ2n) is 8.08. The lowest BCUT2D eigenvalue weighted by Crippen LogP contribution is -2.43. The topological polar surface area (TPSA) is 122 Å². The molecule has 2 amide bonds. The van der Waals surface area contributed by atoms with Gasteiger partial charge in [0, 0.05) is 11.9 Å². The van der Waals surface area contributed by atoms with Crippen LogP contribution in [0.25, 0.3) is 0 Å². The highest BCUT2D eigenvalue weighted by Crippen LogP contribution is 2.23. The Morgan fingerprint density at radius 3 is 2.54 bits per heavy atom. The predicted octanol–water partition coefficient (Wildman–Crippen LogP) is 4.26. The molecule has 11 heteroatoms. The summed E-state index contributed by atoms with van der Waals surface area (Å²) in [6.45, 7) is 2.44. The molecule has 0 saturated carbocycles. The van der Waals surface area contributed by atoms with E-state index in [9.17, 15) is 14.4 Å². The van der Waals surface area contributed by atoms with Gasteiger partial charge in [0.2, 0.25) is 5.91 Å². The van der Waals surface area contributed by atoms with Crippen LogP contribution in [0.3, 0.4) is 0 Å². The van der Waals surface area contributed by atoms with Gasteiger partial charge in [0.05, 0.1) is 12.3 Å². The van der Waals surface area contributed by atoms with Crippen LogP contribution in [0.15, 0.2) is 71.1 Å². The van der Waals surface area contributed by atoms with Crippen LogP contribution in [-0.2, 0) is 25.7 Å². The second-order valence-corrected chi connectivity index (χ2v) is 8.94. The minimum atomic E-state index is -0.673. The summed E-state index contributed by atoms with van der Waals surface area (Å²) in [5, 5.41) is 8.83. The Morgan fingerprint density at radius 2 is 1.81 bits per heavy atom. The summed E-state index contributed by atoms with van der Waals surface area (Å²) in [6, 6.07) is 17.8. The maximum absolute atomic E-state index is 13.0. The number of thiazole rings is 1. The molecule has 0 spiro atoms. The number of likely N-dealkylation sites (tertiary alicyclic amines) is 1. The number of hydrazone groups is 1. The van der Waals surface area contributed by atoms with Gasteiger partial charge in [-0.25, -0.2) is 14.6 Å². The fourth-order valence-corrected chi connectivity index (χ4v) is 4.43. The van der Waals surface area contributed by atoms with Gasteiger partial charge < -0.3 is 14.8 Å². The Labute approximate surface area is 218 Å². The molecule has 1 unspecified atom stereocenters. The number of esters is 1. The molecule has 2 N–H and O–H groups in total.